The maximum atomic E-state index is 9.68. The molecule has 168 valence electrons. The average molecular weight is 409 g/mol. The molecule has 0 amide bonds. The number of hydrogen-bond acceptors (Lipinski definition) is 4. The van der Waals surface area contributed by atoms with E-state index in [0.29, 0.717) is 37.1 Å². The SMILES string of the molecule is CCCCCCOc1cc(CO)cc(OCCCCCC)c1OCCCCCC. The van der Waals surface area contributed by atoms with Crippen LogP contribution in [0, 0.1) is 0 Å². The number of aliphatic hydroxyl groups is 1. The molecule has 1 aromatic rings. The lowest BCUT2D eigenvalue weighted by atomic mass is 10.1. The Morgan fingerprint density at radius 2 is 1.00 bits per heavy atom. The van der Waals surface area contributed by atoms with Gasteiger partial charge in [0, 0.05) is 0 Å². The number of benzene rings is 1. The standard InChI is InChI=1S/C25H44O4/c1-4-7-10-13-16-27-23-19-22(21-26)20-24(28-17-14-11-8-5-2)25(23)29-18-15-12-9-6-3/h19-20,26H,4-18,21H2,1-3H3. The Morgan fingerprint density at radius 3 is 1.38 bits per heavy atom. The molecule has 0 aliphatic heterocycles. The molecule has 4 heteroatoms. The predicted molar refractivity (Wildman–Crippen MR) is 121 cm³/mol. The van der Waals surface area contributed by atoms with Gasteiger partial charge in [-0.2, -0.15) is 0 Å². The fraction of sp³-hybridized carbons (Fsp3) is 0.760. The van der Waals surface area contributed by atoms with Gasteiger partial charge in [-0.15, -0.1) is 0 Å². The highest BCUT2D eigenvalue weighted by atomic mass is 16.5. The average Bonchev–Trinajstić information content (AvgIpc) is 2.74. The number of hydrogen-bond donors (Lipinski definition) is 1. The summed E-state index contributed by atoms with van der Waals surface area (Å²) in [6.07, 6.45) is 13.9. The summed E-state index contributed by atoms with van der Waals surface area (Å²) in [4.78, 5) is 0. The van der Waals surface area contributed by atoms with Gasteiger partial charge in [-0.3, -0.25) is 0 Å². The molecule has 0 heterocycles. The maximum absolute atomic E-state index is 9.68. The van der Waals surface area contributed by atoms with Crippen LogP contribution in [0.25, 0.3) is 0 Å². The number of ether oxygens (including phenoxy) is 3. The van der Waals surface area contributed by atoms with Crippen molar-refractivity contribution in [3.8, 4) is 17.2 Å². The molecule has 0 aliphatic carbocycles. The van der Waals surface area contributed by atoms with Crippen molar-refractivity contribution < 1.29 is 19.3 Å². The third-order valence-electron chi connectivity index (χ3n) is 5.02. The summed E-state index contributed by atoms with van der Waals surface area (Å²) >= 11 is 0. The molecule has 0 fully saturated rings. The second kappa shape index (κ2) is 17.4. The lowest BCUT2D eigenvalue weighted by Gasteiger charge is -2.18. The van der Waals surface area contributed by atoms with E-state index in [2.05, 4.69) is 20.8 Å². The minimum absolute atomic E-state index is 0.0326. The predicted octanol–water partition coefficient (Wildman–Crippen LogP) is 7.06. The topological polar surface area (TPSA) is 47.9 Å². The largest absolute Gasteiger partial charge is 0.490 e. The first-order valence-electron chi connectivity index (χ1n) is 11.9. The lowest BCUT2D eigenvalue weighted by molar-refractivity contribution is 0.231. The van der Waals surface area contributed by atoms with Crippen molar-refractivity contribution in [1.82, 2.24) is 0 Å². The molecular weight excluding hydrogens is 364 g/mol. The van der Waals surface area contributed by atoms with Crippen LogP contribution >= 0.6 is 0 Å². The zero-order chi connectivity index (χ0) is 21.2. The maximum Gasteiger partial charge on any atom is 0.203 e. The van der Waals surface area contributed by atoms with Gasteiger partial charge in [-0.1, -0.05) is 78.6 Å². The Labute approximate surface area is 179 Å². The molecule has 1 aromatic carbocycles. The monoisotopic (exact) mass is 408 g/mol. The van der Waals surface area contributed by atoms with Crippen molar-refractivity contribution in [3.05, 3.63) is 17.7 Å². The minimum Gasteiger partial charge on any atom is -0.490 e. The van der Waals surface area contributed by atoms with Crippen molar-refractivity contribution >= 4 is 0 Å². The van der Waals surface area contributed by atoms with Crippen LogP contribution in [-0.4, -0.2) is 24.9 Å². The summed E-state index contributed by atoms with van der Waals surface area (Å²) < 4.78 is 18.3. The molecule has 1 rings (SSSR count). The van der Waals surface area contributed by atoms with E-state index < -0.39 is 0 Å². The first-order valence-corrected chi connectivity index (χ1v) is 11.9. The van der Waals surface area contributed by atoms with Crippen LogP contribution in [0.15, 0.2) is 12.1 Å². The molecule has 0 aliphatic rings. The molecule has 0 aromatic heterocycles. The molecule has 0 bridgehead atoms. The molecule has 1 N–H and O–H groups in total. The van der Waals surface area contributed by atoms with E-state index in [1.54, 1.807) is 0 Å². The van der Waals surface area contributed by atoms with Gasteiger partial charge in [0.1, 0.15) is 0 Å². The molecule has 0 atom stereocenters. The van der Waals surface area contributed by atoms with Gasteiger partial charge >= 0.3 is 0 Å². The summed E-state index contributed by atoms with van der Waals surface area (Å²) in [5, 5.41) is 9.68. The summed E-state index contributed by atoms with van der Waals surface area (Å²) in [7, 11) is 0. The van der Waals surface area contributed by atoms with Gasteiger partial charge in [-0.05, 0) is 37.0 Å². The van der Waals surface area contributed by atoms with Crippen molar-refractivity contribution in [1.29, 1.82) is 0 Å². The Bertz CT molecular complexity index is 481. The van der Waals surface area contributed by atoms with Gasteiger partial charge in [0.2, 0.25) is 5.75 Å². The third-order valence-corrected chi connectivity index (χ3v) is 5.02. The highest BCUT2D eigenvalue weighted by Gasteiger charge is 2.16. The van der Waals surface area contributed by atoms with Gasteiger partial charge < -0.3 is 19.3 Å². The summed E-state index contributed by atoms with van der Waals surface area (Å²) in [6, 6.07) is 3.79. The van der Waals surface area contributed by atoms with E-state index in [9.17, 15) is 5.11 Å². The second-order valence-electron chi connectivity index (χ2n) is 7.81. The van der Waals surface area contributed by atoms with Gasteiger partial charge in [0.25, 0.3) is 0 Å². The Morgan fingerprint density at radius 1 is 0.586 bits per heavy atom. The van der Waals surface area contributed by atoms with Crippen molar-refractivity contribution in [2.45, 2.75) is 104 Å². The van der Waals surface area contributed by atoms with E-state index in [0.717, 1.165) is 24.8 Å². The molecule has 0 spiro atoms. The van der Waals surface area contributed by atoms with Crippen LogP contribution in [0.2, 0.25) is 0 Å². The normalized spacial score (nSPS) is 10.9. The third kappa shape index (κ3) is 11.4. The van der Waals surface area contributed by atoms with Gasteiger partial charge in [0.15, 0.2) is 11.5 Å². The molecule has 0 unspecified atom stereocenters. The lowest BCUT2D eigenvalue weighted by Crippen LogP contribution is -2.07. The molecular formula is C25H44O4. The zero-order valence-corrected chi connectivity index (χ0v) is 19.1. The van der Waals surface area contributed by atoms with E-state index >= 15 is 0 Å². The van der Waals surface area contributed by atoms with Crippen LogP contribution in [0.3, 0.4) is 0 Å². The van der Waals surface area contributed by atoms with E-state index in [1.165, 1.54) is 57.8 Å². The zero-order valence-electron chi connectivity index (χ0n) is 19.1. The van der Waals surface area contributed by atoms with Gasteiger partial charge in [-0.25, -0.2) is 0 Å². The Hall–Kier alpha value is -1.42. The fourth-order valence-corrected chi connectivity index (χ4v) is 3.20. The quantitative estimate of drug-likeness (QED) is 0.249. The van der Waals surface area contributed by atoms with E-state index in [1.807, 2.05) is 12.1 Å². The number of aliphatic hydroxyl groups excluding tert-OH is 1. The molecule has 4 nitrogen and oxygen atoms in total. The highest BCUT2D eigenvalue weighted by molar-refractivity contribution is 5.53. The Kier molecular flexibility index (Phi) is 15.4. The molecule has 0 radical (unpaired) electrons. The van der Waals surface area contributed by atoms with Crippen molar-refractivity contribution in [3.63, 3.8) is 0 Å². The van der Waals surface area contributed by atoms with Crippen LogP contribution in [0.4, 0.5) is 0 Å². The number of unbranched alkanes of at least 4 members (excludes halogenated alkanes) is 9. The van der Waals surface area contributed by atoms with Crippen LogP contribution in [0.5, 0.6) is 17.2 Å². The fourth-order valence-electron chi connectivity index (χ4n) is 3.20. The summed E-state index contributed by atoms with van der Waals surface area (Å²) in [6.45, 7) is 8.59. The highest BCUT2D eigenvalue weighted by Crippen LogP contribution is 2.39. The van der Waals surface area contributed by atoms with Crippen LogP contribution < -0.4 is 14.2 Å². The van der Waals surface area contributed by atoms with Crippen LogP contribution in [0.1, 0.15) is 103 Å². The van der Waals surface area contributed by atoms with E-state index in [-0.39, 0.29) is 6.61 Å². The smallest absolute Gasteiger partial charge is 0.203 e. The van der Waals surface area contributed by atoms with Crippen LogP contribution in [-0.2, 0) is 6.61 Å². The minimum atomic E-state index is -0.0326. The van der Waals surface area contributed by atoms with Gasteiger partial charge in [0.05, 0.1) is 26.4 Å². The molecule has 0 saturated carbocycles. The van der Waals surface area contributed by atoms with Crippen molar-refractivity contribution in [2.24, 2.45) is 0 Å². The summed E-state index contributed by atoms with van der Waals surface area (Å²) in [5.41, 5.74) is 0.801. The first-order chi connectivity index (χ1) is 14.3. The van der Waals surface area contributed by atoms with E-state index in [4.69, 9.17) is 14.2 Å². The molecule has 29 heavy (non-hydrogen) atoms. The second-order valence-corrected chi connectivity index (χ2v) is 7.81. The number of rotatable bonds is 19. The first kappa shape index (κ1) is 25.6. The Balaban J connectivity index is 2.81. The molecule has 0 saturated heterocycles. The van der Waals surface area contributed by atoms with Crippen molar-refractivity contribution in [2.75, 3.05) is 19.8 Å². The summed E-state index contributed by atoms with van der Waals surface area (Å²) in [5.74, 6) is 2.10.